The summed E-state index contributed by atoms with van der Waals surface area (Å²) < 4.78 is 22.3. The Hall–Kier alpha value is -1.07. The molecule has 0 saturated carbocycles. The van der Waals surface area contributed by atoms with Gasteiger partial charge < -0.3 is 5.11 Å². The van der Waals surface area contributed by atoms with E-state index in [1.165, 1.54) is 12.1 Å². The van der Waals surface area contributed by atoms with Crippen LogP contribution < -0.4 is 0 Å². The number of aryl methyl sites for hydroxylation is 1. The minimum absolute atomic E-state index is 0.0913. The van der Waals surface area contributed by atoms with E-state index in [0.29, 0.717) is 12.0 Å². The number of hydrogen-bond donors (Lipinski definition) is 1. The van der Waals surface area contributed by atoms with Crippen molar-refractivity contribution in [1.82, 2.24) is 0 Å². The predicted molar refractivity (Wildman–Crippen MR) is 55.8 cm³/mol. The van der Waals surface area contributed by atoms with Crippen LogP contribution >= 0.6 is 10.7 Å². The Morgan fingerprint density at radius 1 is 1.47 bits per heavy atom. The van der Waals surface area contributed by atoms with Crippen LogP contribution in [0.5, 0.6) is 0 Å². The third-order valence-corrected chi connectivity index (χ3v) is 3.36. The monoisotopic (exact) mass is 248 g/mol. The van der Waals surface area contributed by atoms with E-state index in [1.54, 1.807) is 6.92 Å². The minimum Gasteiger partial charge on any atom is -0.478 e. The highest BCUT2D eigenvalue weighted by Crippen LogP contribution is 2.22. The van der Waals surface area contributed by atoms with E-state index in [1.807, 2.05) is 0 Å². The van der Waals surface area contributed by atoms with E-state index in [0.717, 1.165) is 6.07 Å². The summed E-state index contributed by atoms with van der Waals surface area (Å²) >= 11 is 0. The summed E-state index contributed by atoms with van der Waals surface area (Å²) in [5.74, 6) is -1.18. The lowest BCUT2D eigenvalue weighted by Gasteiger charge is -2.05. The van der Waals surface area contributed by atoms with Gasteiger partial charge in [-0.1, -0.05) is 13.0 Å². The van der Waals surface area contributed by atoms with Crippen molar-refractivity contribution >= 4 is 25.7 Å². The maximum absolute atomic E-state index is 11.2. The number of carboxylic acid groups (broad SMARTS) is 1. The number of hydrogen-bond acceptors (Lipinski definition) is 3. The molecule has 1 aromatic carbocycles. The van der Waals surface area contributed by atoms with Crippen molar-refractivity contribution < 1.29 is 18.3 Å². The molecule has 1 rings (SSSR count). The Morgan fingerprint density at radius 3 is 2.47 bits per heavy atom. The van der Waals surface area contributed by atoms with Crippen molar-refractivity contribution in [3.05, 3.63) is 29.3 Å². The van der Waals surface area contributed by atoms with Gasteiger partial charge in [0.2, 0.25) is 0 Å². The van der Waals surface area contributed by atoms with Gasteiger partial charge in [0.05, 0.1) is 10.5 Å². The lowest BCUT2D eigenvalue weighted by Crippen LogP contribution is -2.02. The fraction of sp³-hybridized carbons (Fsp3) is 0.222. The zero-order valence-electron chi connectivity index (χ0n) is 7.90. The van der Waals surface area contributed by atoms with E-state index in [2.05, 4.69) is 0 Å². The molecular weight excluding hydrogens is 240 g/mol. The minimum atomic E-state index is -3.89. The Balaban J connectivity index is 3.46. The molecule has 0 aliphatic heterocycles. The molecule has 0 aliphatic rings. The van der Waals surface area contributed by atoms with Crippen molar-refractivity contribution in [3.63, 3.8) is 0 Å². The summed E-state index contributed by atoms with van der Waals surface area (Å²) in [7, 11) is 1.31. The number of rotatable bonds is 3. The second kappa shape index (κ2) is 4.20. The predicted octanol–water partition coefficient (Wildman–Crippen LogP) is 1.87. The molecule has 0 atom stereocenters. The summed E-state index contributed by atoms with van der Waals surface area (Å²) in [6.07, 6.45) is 0.473. The molecule has 15 heavy (non-hydrogen) atoms. The molecule has 6 heteroatoms. The highest BCUT2D eigenvalue weighted by atomic mass is 35.7. The van der Waals surface area contributed by atoms with Crippen molar-refractivity contribution in [1.29, 1.82) is 0 Å². The zero-order valence-corrected chi connectivity index (χ0v) is 9.47. The maximum Gasteiger partial charge on any atom is 0.335 e. The van der Waals surface area contributed by atoms with Gasteiger partial charge in [0.15, 0.2) is 0 Å². The van der Waals surface area contributed by atoms with Gasteiger partial charge in [0.1, 0.15) is 0 Å². The Bertz CT molecular complexity index is 493. The fourth-order valence-corrected chi connectivity index (χ4v) is 2.43. The van der Waals surface area contributed by atoms with E-state index in [-0.39, 0.29) is 10.5 Å². The first-order valence-corrected chi connectivity index (χ1v) is 6.48. The van der Waals surface area contributed by atoms with Crippen LogP contribution in [0.1, 0.15) is 22.8 Å². The second-order valence-electron chi connectivity index (χ2n) is 2.92. The molecule has 0 fully saturated rings. The molecule has 1 aromatic rings. The van der Waals surface area contributed by atoms with Gasteiger partial charge >= 0.3 is 5.97 Å². The van der Waals surface area contributed by atoms with Crippen molar-refractivity contribution in [2.24, 2.45) is 0 Å². The standard InChI is InChI=1S/C9H9ClO4S/c1-2-6-3-4-7(9(11)12)5-8(6)15(10,13)14/h3-5H,2H2,1H3,(H,11,12). The lowest BCUT2D eigenvalue weighted by atomic mass is 10.1. The van der Waals surface area contributed by atoms with Crippen LogP contribution in [0.3, 0.4) is 0 Å². The second-order valence-corrected chi connectivity index (χ2v) is 5.45. The molecule has 0 unspecified atom stereocenters. The van der Waals surface area contributed by atoms with E-state index >= 15 is 0 Å². The average molecular weight is 249 g/mol. The smallest absolute Gasteiger partial charge is 0.335 e. The quantitative estimate of drug-likeness (QED) is 0.829. The molecule has 0 aromatic heterocycles. The molecule has 0 radical (unpaired) electrons. The fourth-order valence-electron chi connectivity index (χ4n) is 1.21. The Labute approximate surface area is 91.9 Å². The van der Waals surface area contributed by atoms with Gasteiger partial charge in [0.25, 0.3) is 9.05 Å². The van der Waals surface area contributed by atoms with Crippen molar-refractivity contribution in [2.75, 3.05) is 0 Å². The normalized spacial score (nSPS) is 11.3. The largest absolute Gasteiger partial charge is 0.478 e. The Kier molecular flexibility index (Phi) is 3.36. The number of carbonyl (C=O) groups is 1. The van der Waals surface area contributed by atoms with Crippen molar-refractivity contribution in [3.8, 4) is 0 Å². The molecule has 0 heterocycles. The molecule has 0 saturated heterocycles. The highest BCUT2D eigenvalue weighted by molar-refractivity contribution is 8.13. The van der Waals surface area contributed by atoms with Crippen LogP contribution in [-0.2, 0) is 15.5 Å². The molecule has 0 amide bonds. The first-order valence-electron chi connectivity index (χ1n) is 4.17. The molecule has 0 aliphatic carbocycles. The first-order chi connectivity index (χ1) is 6.86. The number of aromatic carboxylic acids is 1. The van der Waals surface area contributed by atoms with Crippen LogP contribution in [0.2, 0.25) is 0 Å². The third-order valence-electron chi connectivity index (χ3n) is 1.96. The van der Waals surface area contributed by atoms with E-state index in [4.69, 9.17) is 15.8 Å². The van der Waals surface area contributed by atoms with Crippen LogP contribution in [0.25, 0.3) is 0 Å². The summed E-state index contributed by atoms with van der Waals surface area (Å²) in [5.41, 5.74) is 0.418. The molecule has 0 bridgehead atoms. The molecular formula is C9H9ClO4S. The summed E-state index contributed by atoms with van der Waals surface area (Å²) in [4.78, 5) is 10.5. The molecule has 0 spiro atoms. The van der Waals surface area contributed by atoms with Gasteiger partial charge in [0, 0.05) is 10.7 Å². The summed E-state index contributed by atoms with van der Waals surface area (Å²) in [6, 6.07) is 3.88. The lowest BCUT2D eigenvalue weighted by molar-refractivity contribution is 0.0696. The molecule has 1 N–H and O–H groups in total. The van der Waals surface area contributed by atoms with Crippen LogP contribution in [-0.4, -0.2) is 19.5 Å². The summed E-state index contributed by atoms with van der Waals surface area (Å²) in [6.45, 7) is 1.77. The van der Waals surface area contributed by atoms with Gasteiger partial charge in [-0.05, 0) is 24.1 Å². The number of benzene rings is 1. The van der Waals surface area contributed by atoms with Gasteiger partial charge in [-0.3, -0.25) is 0 Å². The number of carboxylic acids is 1. The van der Waals surface area contributed by atoms with E-state index in [9.17, 15) is 13.2 Å². The molecule has 82 valence electrons. The van der Waals surface area contributed by atoms with Crippen LogP contribution in [0.15, 0.2) is 23.1 Å². The van der Waals surface area contributed by atoms with Crippen molar-refractivity contribution in [2.45, 2.75) is 18.2 Å². The topological polar surface area (TPSA) is 71.4 Å². The van der Waals surface area contributed by atoms with Gasteiger partial charge in [-0.15, -0.1) is 0 Å². The first kappa shape index (κ1) is 12.0. The highest BCUT2D eigenvalue weighted by Gasteiger charge is 2.17. The number of halogens is 1. The van der Waals surface area contributed by atoms with Crippen LogP contribution in [0, 0.1) is 0 Å². The summed E-state index contributed by atoms with van der Waals surface area (Å²) in [5, 5.41) is 8.70. The van der Waals surface area contributed by atoms with Gasteiger partial charge in [-0.25, -0.2) is 13.2 Å². The zero-order chi connectivity index (χ0) is 11.6. The third kappa shape index (κ3) is 2.70. The Morgan fingerprint density at radius 2 is 2.07 bits per heavy atom. The molecule has 4 nitrogen and oxygen atoms in total. The van der Waals surface area contributed by atoms with Crippen LogP contribution in [0.4, 0.5) is 0 Å². The maximum atomic E-state index is 11.2. The average Bonchev–Trinajstić information content (AvgIpc) is 2.15. The van der Waals surface area contributed by atoms with E-state index < -0.39 is 15.0 Å². The SMILES string of the molecule is CCc1ccc(C(=O)O)cc1S(=O)(=O)Cl. The van der Waals surface area contributed by atoms with Gasteiger partial charge in [-0.2, -0.15) is 0 Å².